The minimum atomic E-state index is -0.339. The zero-order valence-corrected chi connectivity index (χ0v) is 12.6. The molecule has 1 amide bonds. The average Bonchev–Trinajstić information content (AvgIpc) is 2.34. The van der Waals surface area contributed by atoms with Gasteiger partial charge in [0.25, 0.3) is 0 Å². The fraction of sp³-hybridized carbons (Fsp3) is 0.467. The Labute approximate surface area is 120 Å². The van der Waals surface area contributed by atoms with Crippen molar-refractivity contribution in [2.75, 3.05) is 6.54 Å². The third kappa shape index (κ3) is 5.39. The molecule has 0 spiro atoms. The molecule has 0 heterocycles. The van der Waals surface area contributed by atoms with Crippen molar-refractivity contribution in [3.63, 3.8) is 0 Å². The monoisotopic (exact) mass is 278 g/mol. The van der Waals surface area contributed by atoms with Crippen LogP contribution in [0.4, 0.5) is 0 Å². The van der Waals surface area contributed by atoms with Crippen LogP contribution < -0.4 is 11.1 Å². The van der Waals surface area contributed by atoms with Gasteiger partial charge in [0.2, 0.25) is 5.91 Å². The molecule has 3 nitrogen and oxygen atoms in total. The summed E-state index contributed by atoms with van der Waals surface area (Å²) >= 11 is 4.97. The Balaban J connectivity index is 2.39. The van der Waals surface area contributed by atoms with E-state index in [0.29, 0.717) is 18.0 Å². The first-order valence-corrected chi connectivity index (χ1v) is 6.84. The molecule has 0 aromatic heterocycles. The summed E-state index contributed by atoms with van der Waals surface area (Å²) in [6, 6.07) is 8.21. The highest BCUT2D eigenvalue weighted by atomic mass is 32.1. The number of thiocarbonyl (C=S) groups is 1. The Morgan fingerprint density at radius 3 is 2.68 bits per heavy atom. The van der Waals surface area contributed by atoms with Gasteiger partial charge < -0.3 is 11.1 Å². The second-order valence-corrected chi connectivity index (χ2v) is 5.95. The molecular weight excluding hydrogens is 256 g/mol. The SMILES string of the molecule is Cc1cccc(CCC(=O)NCC(C)(C)C(N)=S)c1. The Morgan fingerprint density at radius 1 is 1.42 bits per heavy atom. The van der Waals surface area contributed by atoms with Crippen molar-refractivity contribution in [1.29, 1.82) is 0 Å². The van der Waals surface area contributed by atoms with Crippen LogP contribution >= 0.6 is 12.2 Å². The van der Waals surface area contributed by atoms with Crippen LogP contribution in [0.25, 0.3) is 0 Å². The number of nitrogens with two attached hydrogens (primary N) is 1. The summed E-state index contributed by atoms with van der Waals surface area (Å²) in [5.41, 5.74) is 7.68. The molecule has 0 unspecified atom stereocenters. The second kappa shape index (κ2) is 6.66. The molecule has 3 N–H and O–H groups in total. The predicted octanol–water partition coefficient (Wildman–Crippen LogP) is 2.36. The summed E-state index contributed by atoms with van der Waals surface area (Å²) in [7, 11) is 0. The van der Waals surface area contributed by atoms with Crippen LogP contribution in [0.5, 0.6) is 0 Å². The number of carbonyl (C=O) groups excluding carboxylic acids is 1. The molecule has 0 radical (unpaired) electrons. The lowest BCUT2D eigenvalue weighted by atomic mass is 9.93. The highest BCUT2D eigenvalue weighted by Gasteiger charge is 2.21. The van der Waals surface area contributed by atoms with Gasteiger partial charge in [-0.25, -0.2) is 0 Å². The van der Waals surface area contributed by atoms with Crippen LogP contribution in [0.2, 0.25) is 0 Å². The third-order valence-corrected chi connectivity index (χ3v) is 3.67. The molecular formula is C15H22N2OS. The lowest BCUT2D eigenvalue weighted by Gasteiger charge is -2.23. The number of benzene rings is 1. The molecule has 0 atom stereocenters. The summed E-state index contributed by atoms with van der Waals surface area (Å²) in [6.45, 7) is 6.38. The largest absolute Gasteiger partial charge is 0.393 e. The van der Waals surface area contributed by atoms with Crippen molar-refractivity contribution < 1.29 is 4.79 Å². The highest BCUT2D eigenvalue weighted by molar-refractivity contribution is 7.80. The van der Waals surface area contributed by atoms with Crippen LogP contribution in [0.1, 0.15) is 31.4 Å². The normalized spacial score (nSPS) is 11.1. The molecule has 0 bridgehead atoms. The summed E-state index contributed by atoms with van der Waals surface area (Å²) in [5.74, 6) is 0.0332. The molecule has 104 valence electrons. The zero-order chi connectivity index (χ0) is 14.5. The van der Waals surface area contributed by atoms with E-state index in [9.17, 15) is 4.79 Å². The molecule has 0 aliphatic rings. The van der Waals surface area contributed by atoms with E-state index >= 15 is 0 Å². The van der Waals surface area contributed by atoms with E-state index in [1.54, 1.807) is 0 Å². The maximum atomic E-state index is 11.8. The van der Waals surface area contributed by atoms with Gasteiger partial charge in [-0.05, 0) is 18.9 Å². The first-order valence-electron chi connectivity index (χ1n) is 6.43. The van der Waals surface area contributed by atoms with Gasteiger partial charge in [-0.15, -0.1) is 0 Å². The molecule has 1 aromatic carbocycles. The van der Waals surface area contributed by atoms with Gasteiger partial charge in [-0.3, -0.25) is 4.79 Å². The second-order valence-electron chi connectivity index (χ2n) is 5.51. The number of amides is 1. The number of hydrogen-bond acceptors (Lipinski definition) is 2. The van der Waals surface area contributed by atoms with E-state index in [1.165, 1.54) is 11.1 Å². The number of hydrogen-bond donors (Lipinski definition) is 2. The van der Waals surface area contributed by atoms with Crippen molar-refractivity contribution in [2.24, 2.45) is 11.1 Å². The molecule has 1 rings (SSSR count). The van der Waals surface area contributed by atoms with Gasteiger partial charge in [0, 0.05) is 18.4 Å². The number of carbonyl (C=O) groups is 1. The van der Waals surface area contributed by atoms with Crippen LogP contribution in [-0.4, -0.2) is 17.4 Å². The average molecular weight is 278 g/mol. The Morgan fingerprint density at radius 2 is 2.11 bits per heavy atom. The van der Waals surface area contributed by atoms with Gasteiger partial charge in [0.1, 0.15) is 0 Å². The first kappa shape index (κ1) is 15.6. The molecule has 0 aliphatic carbocycles. The predicted molar refractivity (Wildman–Crippen MR) is 83.1 cm³/mol. The van der Waals surface area contributed by atoms with Crippen LogP contribution in [0.3, 0.4) is 0 Å². The van der Waals surface area contributed by atoms with E-state index in [1.807, 2.05) is 39.0 Å². The van der Waals surface area contributed by atoms with Crippen molar-refractivity contribution in [3.8, 4) is 0 Å². The quantitative estimate of drug-likeness (QED) is 0.785. The molecule has 1 aromatic rings. The van der Waals surface area contributed by atoms with Crippen molar-refractivity contribution >= 4 is 23.1 Å². The Bertz CT molecular complexity index is 469. The molecule has 0 saturated heterocycles. The van der Waals surface area contributed by atoms with Crippen LogP contribution in [0, 0.1) is 12.3 Å². The molecule has 0 aliphatic heterocycles. The fourth-order valence-corrected chi connectivity index (χ4v) is 1.69. The van der Waals surface area contributed by atoms with E-state index in [4.69, 9.17) is 18.0 Å². The minimum Gasteiger partial charge on any atom is -0.393 e. The summed E-state index contributed by atoms with van der Waals surface area (Å²) < 4.78 is 0. The van der Waals surface area contributed by atoms with E-state index in [2.05, 4.69) is 11.4 Å². The van der Waals surface area contributed by atoms with Gasteiger partial charge >= 0.3 is 0 Å². The first-order chi connectivity index (χ1) is 8.81. The maximum Gasteiger partial charge on any atom is 0.220 e. The number of nitrogens with one attached hydrogen (secondary N) is 1. The van der Waals surface area contributed by atoms with E-state index in [0.717, 1.165) is 6.42 Å². The van der Waals surface area contributed by atoms with Gasteiger partial charge in [-0.2, -0.15) is 0 Å². The number of aryl methyl sites for hydroxylation is 2. The summed E-state index contributed by atoms with van der Waals surface area (Å²) in [6.07, 6.45) is 1.23. The van der Waals surface area contributed by atoms with Crippen molar-refractivity contribution in [1.82, 2.24) is 5.32 Å². The summed E-state index contributed by atoms with van der Waals surface area (Å²) in [4.78, 5) is 12.2. The van der Waals surface area contributed by atoms with Crippen LogP contribution in [-0.2, 0) is 11.2 Å². The third-order valence-electron chi connectivity index (χ3n) is 3.12. The van der Waals surface area contributed by atoms with Gasteiger partial charge in [-0.1, -0.05) is 55.9 Å². The van der Waals surface area contributed by atoms with Crippen molar-refractivity contribution in [3.05, 3.63) is 35.4 Å². The molecule has 4 heteroatoms. The maximum absolute atomic E-state index is 11.8. The Kier molecular flexibility index (Phi) is 5.48. The molecule has 0 saturated carbocycles. The summed E-state index contributed by atoms with van der Waals surface area (Å²) in [5, 5.41) is 2.88. The number of rotatable bonds is 6. The molecule has 0 fully saturated rings. The van der Waals surface area contributed by atoms with Crippen molar-refractivity contribution in [2.45, 2.75) is 33.6 Å². The fourth-order valence-electron chi connectivity index (χ4n) is 1.62. The smallest absolute Gasteiger partial charge is 0.220 e. The topological polar surface area (TPSA) is 55.1 Å². The lowest BCUT2D eigenvalue weighted by Crippen LogP contribution is -2.41. The van der Waals surface area contributed by atoms with Gasteiger partial charge in [0.15, 0.2) is 0 Å². The lowest BCUT2D eigenvalue weighted by molar-refractivity contribution is -0.121. The standard InChI is InChI=1S/C15H22N2OS/c1-11-5-4-6-12(9-11)7-8-13(18)17-10-15(2,3)14(16)19/h4-6,9H,7-8,10H2,1-3H3,(H2,16,19)(H,17,18). The van der Waals surface area contributed by atoms with Crippen LogP contribution in [0.15, 0.2) is 24.3 Å². The molecule has 19 heavy (non-hydrogen) atoms. The highest BCUT2D eigenvalue weighted by Crippen LogP contribution is 2.13. The van der Waals surface area contributed by atoms with E-state index < -0.39 is 0 Å². The zero-order valence-electron chi connectivity index (χ0n) is 11.8. The van der Waals surface area contributed by atoms with Gasteiger partial charge in [0.05, 0.1) is 4.99 Å². The minimum absolute atomic E-state index is 0.0332. The Hall–Kier alpha value is -1.42. The van der Waals surface area contributed by atoms with E-state index in [-0.39, 0.29) is 11.3 Å².